The number of unbranched alkanes of at least 4 members (excludes halogenated alkanes) is 1. The van der Waals surface area contributed by atoms with Crippen molar-refractivity contribution in [1.82, 2.24) is 0 Å². The van der Waals surface area contributed by atoms with Crippen LogP contribution in [0.2, 0.25) is 0 Å². The van der Waals surface area contributed by atoms with Gasteiger partial charge >= 0.3 is 0 Å². The molecule has 0 atom stereocenters. The Labute approximate surface area is 72.9 Å². The Balaban J connectivity index is 3.86. The Bertz CT molecular complexity index is 332. The van der Waals surface area contributed by atoms with Crippen LogP contribution in [0.1, 0.15) is 19.8 Å². The molecule has 0 aliphatic rings. The Morgan fingerprint density at radius 2 is 1.83 bits per heavy atom. The van der Waals surface area contributed by atoms with Crippen molar-refractivity contribution in [2.75, 3.05) is 5.75 Å². The summed E-state index contributed by atoms with van der Waals surface area (Å²) in [6.07, 6.45) is 1.70. The second-order valence-electron chi connectivity index (χ2n) is 2.08. The van der Waals surface area contributed by atoms with Gasteiger partial charge < -0.3 is 0 Å². The van der Waals surface area contributed by atoms with Crippen LogP contribution in [0.4, 0.5) is 0 Å². The maximum atomic E-state index is 10.1. The first-order valence-electron chi connectivity index (χ1n) is 3.47. The Morgan fingerprint density at radius 1 is 1.25 bits per heavy atom. The summed E-state index contributed by atoms with van der Waals surface area (Å²) in [5, 5.41) is 0. The summed E-state index contributed by atoms with van der Waals surface area (Å²) in [7, 11) is -3.96. The molecule has 3 nitrogen and oxygen atoms in total. The van der Waals surface area contributed by atoms with E-state index in [1.165, 1.54) is 0 Å². The molecule has 0 aliphatic carbocycles. The van der Waals surface area contributed by atoms with Crippen LogP contribution >= 0.6 is 0 Å². The van der Waals surface area contributed by atoms with Crippen LogP contribution in [0.15, 0.2) is 0 Å². The summed E-state index contributed by atoms with van der Waals surface area (Å²) in [5.41, 5.74) is 0. The molecule has 0 unspecified atom stereocenters. The fourth-order valence-corrected chi connectivity index (χ4v) is 0.658. The van der Waals surface area contributed by atoms with Gasteiger partial charge in [0.15, 0.2) is 0 Å². The van der Waals surface area contributed by atoms with Crippen LogP contribution in [-0.4, -0.2) is 18.7 Å². The molecule has 0 aromatic rings. The van der Waals surface area contributed by atoms with Crippen LogP contribution in [0.25, 0.3) is 0 Å². The predicted octanol–water partition coefficient (Wildman–Crippen LogP) is 0.681. The van der Waals surface area contributed by atoms with Crippen molar-refractivity contribution in [3.8, 4) is 23.7 Å². The molecule has 0 bridgehead atoms. The molecule has 0 aliphatic heterocycles. The molecule has 0 spiro atoms. The first kappa shape index (κ1) is 11.0. The molecule has 0 aromatic heterocycles. The third-order valence-corrected chi connectivity index (χ3v) is 1.38. The third-order valence-electron chi connectivity index (χ3n) is 0.869. The maximum absolute atomic E-state index is 10.1. The van der Waals surface area contributed by atoms with E-state index >= 15 is 0 Å². The summed E-state index contributed by atoms with van der Waals surface area (Å²) in [6.45, 7) is 1.99. The maximum Gasteiger partial charge on any atom is 0.276 e. The molecule has 66 valence electrons. The lowest BCUT2D eigenvalue weighted by Crippen LogP contribution is -2.00. The van der Waals surface area contributed by atoms with Crippen molar-refractivity contribution in [3.05, 3.63) is 0 Å². The van der Waals surface area contributed by atoms with E-state index in [1.54, 1.807) is 0 Å². The van der Waals surface area contributed by atoms with Crippen molar-refractivity contribution >= 4 is 10.1 Å². The van der Waals surface area contributed by atoms with E-state index in [0.29, 0.717) is 0 Å². The van der Waals surface area contributed by atoms with E-state index in [2.05, 4.69) is 23.7 Å². The first-order chi connectivity index (χ1) is 5.56. The van der Waals surface area contributed by atoms with Crippen molar-refractivity contribution in [2.45, 2.75) is 19.8 Å². The van der Waals surface area contributed by atoms with Crippen molar-refractivity contribution in [3.63, 3.8) is 0 Å². The highest BCUT2D eigenvalue weighted by atomic mass is 32.2. The van der Waals surface area contributed by atoms with Crippen LogP contribution in [0, 0.1) is 23.7 Å². The van der Waals surface area contributed by atoms with E-state index in [9.17, 15) is 8.42 Å². The second-order valence-corrected chi connectivity index (χ2v) is 3.53. The van der Waals surface area contributed by atoms with Crippen LogP contribution in [0.5, 0.6) is 0 Å². The summed E-state index contributed by atoms with van der Waals surface area (Å²) in [6, 6.07) is 0. The van der Waals surface area contributed by atoms with Crippen LogP contribution in [0.3, 0.4) is 0 Å². The molecule has 1 N–H and O–H groups in total. The van der Waals surface area contributed by atoms with Crippen molar-refractivity contribution < 1.29 is 13.0 Å². The monoisotopic (exact) mass is 186 g/mol. The summed E-state index contributed by atoms with van der Waals surface area (Å²) in [4.78, 5) is 0. The van der Waals surface area contributed by atoms with Gasteiger partial charge in [-0.1, -0.05) is 18.8 Å². The van der Waals surface area contributed by atoms with E-state index in [1.807, 2.05) is 6.92 Å². The number of hydrogen-bond acceptors (Lipinski definition) is 2. The average molecular weight is 186 g/mol. The lowest BCUT2D eigenvalue weighted by molar-refractivity contribution is 0.487. The molecule has 0 amide bonds. The van der Waals surface area contributed by atoms with E-state index in [4.69, 9.17) is 4.55 Å². The van der Waals surface area contributed by atoms with Gasteiger partial charge in [-0.15, -0.1) is 0 Å². The van der Waals surface area contributed by atoms with E-state index in [-0.39, 0.29) is 0 Å². The van der Waals surface area contributed by atoms with Gasteiger partial charge in [0, 0.05) is 6.42 Å². The Kier molecular flexibility index (Phi) is 5.19. The summed E-state index contributed by atoms with van der Waals surface area (Å²) < 4.78 is 28.5. The molecule has 4 heteroatoms. The fraction of sp³-hybridized carbons (Fsp3) is 0.500. The minimum Gasteiger partial charge on any atom is -0.285 e. The topological polar surface area (TPSA) is 54.4 Å². The summed E-state index contributed by atoms with van der Waals surface area (Å²) in [5.74, 6) is 9.19. The zero-order chi connectivity index (χ0) is 9.45. The minimum atomic E-state index is -3.96. The van der Waals surface area contributed by atoms with Gasteiger partial charge in [0.25, 0.3) is 10.1 Å². The van der Waals surface area contributed by atoms with Gasteiger partial charge in [0.2, 0.25) is 0 Å². The van der Waals surface area contributed by atoms with Crippen LogP contribution < -0.4 is 0 Å². The molecule has 0 saturated carbocycles. The molecular weight excluding hydrogens is 176 g/mol. The van der Waals surface area contributed by atoms with Gasteiger partial charge in [0.1, 0.15) is 5.75 Å². The molecule has 0 heterocycles. The third kappa shape index (κ3) is 9.03. The van der Waals surface area contributed by atoms with Gasteiger partial charge in [-0.3, -0.25) is 4.55 Å². The quantitative estimate of drug-likeness (QED) is 0.509. The van der Waals surface area contributed by atoms with Gasteiger partial charge in [0.05, 0.1) is 0 Å². The molecule has 0 rings (SSSR count). The Hall–Kier alpha value is -0.970. The lowest BCUT2D eigenvalue weighted by atomic mass is 10.3. The van der Waals surface area contributed by atoms with Crippen molar-refractivity contribution in [2.24, 2.45) is 0 Å². The van der Waals surface area contributed by atoms with Gasteiger partial charge in [-0.25, -0.2) is 0 Å². The summed E-state index contributed by atoms with van der Waals surface area (Å²) >= 11 is 0. The van der Waals surface area contributed by atoms with Gasteiger partial charge in [-0.2, -0.15) is 8.42 Å². The normalized spacial score (nSPS) is 9.17. The zero-order valence-corrected chi connectivity index (χ0v) is 7.61. The first-order valence-corrected chi connectivity index (χ1v) is 5.08. The largest absolute Gasteiger partial charge is 0.285 e. The molecule has 0 saturated heterocycles. The smallest absolute Gasteiger partial charge is 0.276 e. The molecule has 0 fully saturated rings. The average Bonchev–Trinajstić information content (AvgIpc) is 1.94. The fourth-order valence-electron chi connectivity index (χ4n) is 0.403. The zero-order valence-electron chi connectivity index (χ0n) is 6.79. The van der Waals surface area contributed by atoms with E-state index < -0.39 is 15.9 Å². The highest BCUT2D eigenvalue weighted by molar-refractivity contribution is 7.86. The number of rotatable bonds is 2. The minimum absolute atomic E-state index is 0.548. The lowest BCUT2D eigenvalue weighted by Gasteiger charge is -1.81. The van der Waals surface area contributed by atoms with Gasteiger partial charge in [-0.05, 0) is 18.3 Å². The molecule has 0 aromatic carbocycles. The molecule has 12 heavy (non-hydrogen) atoms. The standard InChI is InChI=1S/C8H10O3S/c1-2-3-4-5-6-7-8-12(9,10)11/h2-3,8H2,1H3,(H,9,10,11). The Morgan fingerprint density at radius 3 is 2.33 bits per heavy atom. The van der Waals surface area contributed by atoms with E-state index in [0.717, 1.165) is 12.8 Å². The van der Waals surface area contributed by atoms with Crippen LogP contribution in [-0.2, 0) is 10.1 Å². The molecular formula is C8H10O3S. The SMILES string of the molecule is CCCC#CC#CCS(=O)(=O)O. The second kappa shape index (κ2) is 5.65. The molecule has 0 radical (unpaired) electrons. The highest BCUT2D eigenvalue weighted by Gasteiger charge is 1.97. The highest BCUT2D eigenvalue weighted by Crippen LogP contribution is 1.80. The van der Waals surface area contributed by atoms with Crippen molar-refractivity contribution in [1.29, 1.82) is 0 Å². The number of hydrogen-bond donors (Lipinski definition) is 1. The predicted molar refractivity (Wildman–Crippen MR) is 46.9 cm³/mol.